The standard InChI is InChI=1S/C20H24N2O6S/c1-22(2)29(24,25)19-12-15(7-8-18(19)28-5)21-20(23)9-6-14-10-16(26-3)13-17(11-14)27-4/h6-13H,1-5H3,(H,21,23)/b9-6+. The van der Waals surface area contributed by atoms with Crippen LogP contribution in [0.5, 0.6) is 17.2 Å². The summed E-state index contributed by atoms with van der Waals surface area (Å²) in [6.45, 7) is 0. The Hall–Kier alpha value is -3.04. The Balaban J connectivity index is 2.24. The van der Waals surface area contributed by atoms with Crippen LogP contribution in [0.2, 0.25) is 0 Å². The van der Waals surface area contributed by atoms with Crippen molar-refractivity contribution in [1.82, 2.24) is 4.31 Å². The summed E-state index contributed by atoms with van der Waals surface area (Å²) < 4.78 is 41.6. The third kappa shape index (κ3) is 5.49. The van der Waals surface area contributed by atoms with Crippen molar-refractivity contribution in [3.63, 3.8) is 0 Å². The van der Waals surface area contributed by atoms with Gasteiger partial charge in [0.15, 0.2) is 0 Å². The number of sulfonamides is 1. The van der Waals surface area contributed by atoms with E-state index >= 15 is 0 Å². The van der Waals surface area contributed by atoms with E-state index in [0.29, 0.717) is 22.7 Å². The molecule has 2 aromatic carbocycles. The number of nitrogens with zero attached hydrogens (tertiary/aromatic N) is 1. The highest BCUT2D eigenvalue weighted by molar-refractivity contribution is 7.89. The van der Waals surface area contributed by atoms with Crippen LogP contribution in [-0.2, 0) is 14.8 Å². The van der Waals surface area contributed by atoms with Gasteiger partial charge in [-0.25, -0.2) is 12.7 Å². The molecule has 0 aliphatic heterocycles. The maximum atomic E-state index is 12.5. The quantitative estimate of drug-likeness (QED) is 0.660. The van der Waals surface area contributed by atoms with E-state index in [1.54, 1.807) is 30.3 Å². The van der Waals surface area contributed by atoms with E-state index in [-0.39, 0.29) is 10.6 Å². The lowest BCUT2D eigenvalue weighted by Gasteiger charge is -2.15. The van der Waals surface area contributed by atoms with Gasteiger partial charge < -0.3 is 19.5 Å². The number of hydrogen-bond acceptors (Lipinski definition) is 6. The zero-order valence-electron chi connectivity index (χ0n) is 16.9. The first-order valence-electron chi connectivity index (χ1n) is 8.54. The maximum Gasteiger partial charge on any atom is 0.248 e. The van der Waals surface area contributed by atoms with Gasteiger partial charge in [0.1, 0.15) is 22.1 Å². The Morgan fingerprint density at radius 3 is 2.10 bits per heavy atom. The van der Waals surface area contributed by atoms with Crippen LogP contribution >= 0.6 is 0 Å². The highest BCUT2D eigenvalue weighted by Crippen LogP contribution is 2.29. The average molecular weight is 420 g/mol. The molecule has 0 saturated heterocycles. The van der Waals surface area contributed by atoms with Crippen molar-refractivity contribution in [2.45, 2.75) is 4.90 Å². The van der Waals surface area contributed by atoms with Crippen molar-refractivity contribution < 1.29 is 27.4 Å². The zero-order chi connectivity index (χ0) is 21.6. The first kappa shape index (κ1) is 22.3. The van der Waals surface area contributed by atoms with Crippen LogP contribution in [0.1, 0.15) is 5.56 Å². The van der Waals surface area contributed by atoms with Gasteiger partial charge >= 0.3 is 0 Å². The molecule has 0 aromatic heterocycles. The van der Waals surface area contributed by atoms with Crippen molar-refractivity contribution in [3.05, 3.63) is 48.0 Å². The van der Waals surface area contributed by atoms with E-state index in [1.807, 2.05) is 0 Å². The largest absolute Gasteiger partial charge is 0.497 e. The van der Waals surface area contributed by atoms with Gasteiger partial charge in [-0.2, -0.15) is 0 Å². The van der Waals surface area contributed by atoms with Crippen LogP contribution in [0.4, 0.5) is 5.69 Å². The van der Waals surface area contributed by atoms with Crippen molar-refractivity contribution in [2.75, 3.05) is 40.7 Å². The number of anilines is 1. The van der Waals surface area contributed by atoms with Crippen molar-refractivity contribution in [1.29, 1.82) is 0 Å². The number of methoxy groups -OCH3 is 3. The first-order valence-corrected chi connectivity index (χ1v) is 9.98. The number of rotatable bonds is 8. The minimum absolute atomic E-state index is 0.0377. The van der Waals surface area contributed by atoms with E-state index in [1.165, 1.54) is 53.6 Å². The zero-order valence-corrected chi connectivity index (χ0v) is 17.7. The van der Waals surface area contributed by atoms with E-state index in [0.717, 1.165) is 4.31 Å². The molecular weight excluding hydrogens is 396 g/mol. The third-order valence-electron chi connectivity index (χ3n) is 3.99. The smallest absolute Gasteiger partial charge is 0.248 e. The molecule has 0 aliphatic rings. The fourth-order valence-corrected chi connectivity index (χ4v) is 3.51. The van der Waals surface area contributed by atoms with E-state index in [2.05, 4.69) is 5.32 Å². The molecule has 0 spiro atoms. The van der Waals surface area contributed by atoms with Gasteiger partial charge in [-0.3, -0.25) is 4.79 Å². The van der Waals surface area contributed by atoms with Crippen LogP contribution in [-0.4, -0.2) is 54.1 Å². The van der Waals surface area contributed by atoms with Crippen molar-refractivity contribution in [2.24, 2.45) is 0 Å². The predicted molar refractivity (Wildman–Crippen MR) is 111 cm³/mol. The Bertz CT molecular complexity index is 993. The molecule has 8 nitrogen and oxygen atoms in total. The Labute approximate surface area is 170 Å². The molecule has 0 radical (unpaired) electrons. The lowest BCUT2D eigenvalue weighted by Crippen LogP contribution is -2.23. The number of hydrogen-bond donors (Lipinski definition) is 1. The Kier molecular flexibility index (Phi) is 7.24. The van der Waals surface area contributed by atoms with Gasteiger partial charge in [0.2, 0.25) is 15.9 Å². The summed E-state index contributed by atoms with van der Waals surface area (Å²) in [5.41, 5.74) is 1.03. The third-order valence-corrected chi connectivity index (χ3v) is 5.83. The van der Waals surface area contributed by atoms with Gasteiger partial charge in [0, 0.05) is 31.9 Å². The molecular formula is C20H24N2O6S. The molecule has 29 heavy (non-hydrogen) atoms. The molecule has 0 unspecified atom stereocenters. The SMILES string of the molecule is COc1cc(/C=C/C(=O)Nc2ccc(OC)c(S(=O)(=O)N(C)C)c2)cc(OC)c1. The van der Waals surface area contributed by atoms with Gasteiger partial charge in [-0.1, -0.05) is 0 Å². The summed E-state index contributed by atoms with van der Waals surface area (Å²) in [6, 6.07) is 9.63. The fraction of sp³-hybridized carbons (Fsp3) is 0.250. The Morgan fingerprint density at radius 1 is 0.966 bits per heavy atom. The number of benzene rings is 2. The minimum Gasteiger partial charge on any atom is -0.497 e. The molecule has 2 aromatic rings. The summed E-state index contributed by atoms with van der Waals surface area (Å²) in [6.07, 6.45) is 2.93. The van der Waals surface area contributed by atoms with Gasteiger partial charge in [-0.05, 0) is 42.0 Å². The normalized spacial score (nSPS) is 11.5. The van der Waals surface area contributed by atoms with Crippen LogP contribution < -0.4 is 19.5 Å². The molecule has 0 bridgehead atoms. The molecule has 0 heterocycles. The predicted octanol–water partition coefficient (Wildman–Crippen LogP) is 2.61. The molecule has 0 atom stereocenters. The Morgan fingerprint density at radius 2 is 1.59 bits per heavy atom. The van der Waals surface area contributed by atoms with E-state index < -0.39 is 15.9 Å². The highest BCUT2D eigenvalue weighted by atomic mass is 32.2. The summed E-state index contributed by atoms with van der Waals surface area (Å²) in [5.74, 6) is 0.956. The number of nitrogens with one attached hydrogen (secondary N) is 1. The van der Waals surface area contributed by atoms with E-state index in [4.69, 9.17) is 14.2 Å². The molecule has 0 fully saturated rings. The van der Waals surface area contributed by atoms with Crippen LogP contribution in [0.3, 0.4) is 0 Å². The molecule has 1 N–H and O–H groups in total. The van der Waals surface area contributed by atoms with Crippen LogP contribution in [0.25, 0.3) is 6.08 Å². The monoisotopic (exact) mass is 420 g/mol. The van der Waals surface area contributed by atoms with Crippen molar-refractivity contribution in [3.8, 4) is 17.2 Å². The molecule has 9 heteroatoms. The molecule has 0 aliphatic carbocycles. The summed E-state index contributed by atoms with van der Waals surface area (Å²) in [7, 11) is 3.57. The minimum atomic E-state index is -3.74. The molecule has 0 saturated carbocycles. The number of ether oxygens (including phenoxy) is 3. The number of amides is 1. The second kappa shape index (κ2) is 9.44. The second-order valence-electron chi connectivity index (χ2n) is 6.12. The summed E-state index contributed by atoms with van der Waals surface area (Å²) in [4.78, 5) is 12.3. The van der Waals surface area contributed by atoms with Gasteiger partial charge in [0.25, 0.3) is 0 Å². The highest BCUT2D eigenvalue weighted by Gasteiger charge is 2.22. The molecule has 156 valence electrons. The number of carbonyl (C=O) groups is 1. The van der Waals surface area contributed by atoms with Crippen LogP contribution in [0.15, 0.2) is 47.4 Å². The average Bonchev–Trinajstić information content (AvgIpc) is 2.71. The van der Waals surface area contributed by atoms with Gasteiger partial charge in [0.05, 0.1) is 21.3 Å². The van der Waals surface area contributed by atoms with Crippen LogP contribution in [0, 0.1) is 0 Å². The maximum absolute atomic E-state index is 12.5. The topological polar surface area (TPSA) is 94.2 Å². The number of carbonyl (C=O) groups excluding carboxylic acids is 1. The summed E-state index contributed by atoms with van der Waals surface area (Å²) in [5, 5.41) is 2.65. The second-order valence-corrected chi connectivity index (χ2v) is 8.24. The summed E-state index contributed by atoms with van der Waals surface area (Å²) >= 11 is 0. The first-order chi connectivity index (χ1) is 13.7. The van der Waals surface area contributed by atoms with Crippen molar-refractivity contribution >= 4 is 27.7 Å². The molecule has 2 rings (SSSR count). The fourth-order valence-electron chi connectivity index (χ4n) is 2.43. The van der Waals surface area contributed by atoms with Gasteiger partial charge in [-0.15, -0.1) is 0 Å². The lowest BCUT2D eigenvalue weighted by atomic mass is 10.2. The van der Waals surface area contributed by atoms with E-state index in [9.17, 15) is 13.2 Å². The molecule has 1 amide bonds. The lowest BCUT2D eigenvalue weighted by molar-refractivity contribution is -0.111.